The second kappa shape index (κ2) is 9.76. The van der Waals surface area contributed by atoms with Gasteiger partial charge in [-0.3, -0.25) is 4.99 Å². The molecule has 19 heavy (non-hydrogen) atoms. The molecule has 1 rings (SSSR count). The summed E-state index contributed by atoms with van der Waals surface area (Å²) >= 11 is 0. The third-order valence-electron chi connectivity index (χ3n) is 2.37. The van der Waals surface area contributed by atoms with Crippen molar-refractivity contribution in [2.75, 3.05) is 38.3 Å². The normalized spacial score (nSPS) is 15.8. The molecule has 6 nitrogen and oxygen atoms in total. The van der Waals surface area contributed by atoms with Gasteiger partial charge in [-0.25, -0.2) is 8.42 Å². The van der Waals surface area contributed by atoms with Crippen molar-refractivity contribution >= 4 is 39.8 Å². The Balaban J connectivity index is 0.00000324. The molecule has 0 atom stereocenters. The fraction of sp³-hybridized carbons (Fsp3) is 0.909. The van der Waals surface area contributed by atoms with Crippen molar-refractivity contribution in [3.05, 3.63) is 0 Å². The molecule has 1 saturated carbocycles. The molecule has 8 heteroatoms. The molecule has 0 aliphatic heterocycles. The molecular formula is C11H24IN3O3S. The molecule has 114 valence electrons. The van der Waals surface area contributed by atoms with Gasteiger partial charge in [-0.2, -0.15) is 0 Å². The zero-order chi connectivity index (χ0) is 13.4. The molecule has 0 aromatic rings. The Morgan fingerprint density at radius 2 is 2.05 bits per heavy atom. The van der Waals surface area contributed by atoms with E-state index in [1.807, 2.05) is 6.92 Å². The number of halogens is 1. The Labute approximate surface area is 132 Å². The zero-order valence-corrected chi connectivity index (χ0v) is 14.7. The van der Waals surface area contributed by atoms with Gasteiger partial charge in [-0.1, -0.05) is 0 Å². The van der Waals surface area contributed by atoms with Crippen LogP contribution in [0, 0.1) is 0 Å². The van der Waals surface area contributed by atoms with E-state index in [-0.39, 0.29) is 36.3 Å². The molecule has 2 N–H and O–H groups in total. The molecule has 0 unspecified atom stereocenters. The topological polar surface area (TPSA) is 79.8 Å². The Hall–Kier alpha value is -0.0900. The number of rotatable bonds is 8. The van der Waals surface area contributed by atoms with E-state index in [0.717, 1.165) is 12.5 Å². The molecule has 0 heterocycles. The summed E-state index contributed by atoms with van der Waals surface area (Å²) < 4.78 is 26.9. The van der Waals surface area contributed by atoms with Crippen LogP contribution in [0.4, 0.5) is 0 Å². The SMILES string of the molecule is CCNC(=NCCOCCS(C)(=O)=O)NC1CC1.I. The van der Waals surface area contributed by atoms with Gasteiger partial charge in [0.1, 0.15) is 9.84 Å². The van der Waals surface area contributed by atoms with Gasteiger partial charge in [0.05, 0.1) is 25.5 Å². The summed E-state index contributed by atoms with van der Waals surface area (Å²) in [7, 11) is -2.93. The van der Waals surface area contributed by atoms with E-state index in [4.69, 9.17) is 4.74 Å². The van der Waals surface area contributed by atoms with E-state index in [9.17, 15) is 8.42 Å². The maximum absolute atomic E-state index is 10.9. The fourth-order valence-electron chi connectivity index (χ4n) is 1.28. The average Bonchev–Trinajstić information content (AvgIpc) is 3.05. The molecular weight excluding hydrogens is 381 g/mol. The molecule has 0 amide bonds. The molecule has 0 aromatic carbocycles. The zero-order valence-electron chi connectivity index (χ0n) is 11.5. The van der Waals surface area contributed by atoms with Crippen LogP contribution >= 0.6 is 24.0 Å². The van der Waals surface area contributed by atoms with Crippen LogP contribution in [0.2, 0.25) is 0 Å². The minimum atomic E-state index is -2.93. The number of hydrogen-bond donors (Lipinski definition) is 2. The number of hydrogen-bond acceptors (Lipinski definition) is 4. The van der Waals surface area contributed by atoms with Gasteiger partial charge in [0.15, 0.2) is 5.96 Å². The van der Waals surface area contributed by atoms with Crippen LogP contribution in [-0.2, 0) is 14.6 Å². The third kappa shape index (κ3) is 11.4. The summed E-state index contributed by atoms with van der Waals surface area (Å²) in [5.74, 6) is 0.878. The Bertz CT molecular complexity index is 369. The van der Waals surface area contributed by atoms with Gasteiger partial charge in [0.25, 0.3) is 0 Å². The first-order valence-electron chi connectivity index (χ1n) is 6.31. The highest BCUT2D eigenvalue weighted by molar-refractivity contribution is 14.0. The lowest BCUT2D eigenvalue weighted by Gasteiger charge is -2.10. The minimum Gasteiger partial charge on any atom is -0.378 e. The van der Waals surface area contributed by atoms with Gasteiger partial charge in [-0.15, -0.1) is 24.0 Å². The number of nitrogens with one attached hydrogen (secondary N) is 2. The Kier molecular flexibility index (Phi) is 9.71. The highest BCUT2D eigenvalue weighted by Crippen LogP contribution is 2.18. The van der Waals surface area contributed by atoms with Crippen molar-refractivity contribution in [2.24, 2.45) is 4.99 Å². The van der Waals surface area contributed by atoms with Crippen LogP contribution < -0.4 is 10.6 Å². The monoisotopic (exact) mass is 405 g/mol. The standard InChI is InChI=1S/C11H23N3O3S.HI/c1-3-12-11(14-10-4-5-10)13-6-7-17-8-9-18(2,15)16;/h10H,3-9H2,1-2H3,(H2,12,13,14);1H. The molecule has 0 radical (unpaired) electrons. The number of ether oxygens (including phenoxy) is 1. The van der Waals surface area contributed by atoms with Gasteiger partial charge in [0.2, 0.25) is 0 Å². The molecule has 0 spiro atoms. The molecule has 1 aliphatic rings. The van der Waals surface area contributed by atoms with E-state index < -0.39 is 9.84 Å². The smallest absolute Gasteiger partial charge is 0.191 e. The second-order valence-electron chi connectivity index (χ2n) is 4.42. The van der Waals surface area contributed by atoms with E-state index in [1.54, 1.807) is 0 Å². The lowest BCUT2D eigenvalue weighted by Crippen LogP contribution is -2.38. The van der Waals surface area contributed by atoms with Gasteiger partial charge < -0.3 is 15.4 Å². The maximum atomic E-state index is 10.9. The lowest BCUT2D eigenvalue weighted by atomic mass is 10.6. The number of sulfone groups is 1. The quantitative estimate of drug-likeness (QED) is 0.264. The predicted octanol–water partition coefficient (Wildman–Crippen LogP) is 0.383. The van der Waals surface area contributed by atoms with Crippen LogP contribution in [0.25, 0.3) is 0 Å². The molecule has 0 bridgehead atoms. The number of nitrogens with zero attached hydrogens (tertiary/aromatic N) is 1. The van der Waals surface area contributed by atoms with E-state index in [1.165, 1.54) is 19.1 Å². The largest absolute Gasteiger partial charge is 0.378 e. The minimum absolute atomic E-state index is 0. The van der Waals surface area contributed by atoms with Crippen LogP contribution in [0.5, 0.6) is 0 Å². The van der Waals surface area contributed by atoms with Crippen molar-refractivity contribution in [2.45, 2.75) is 25.8 Å². The molecule has 1 fully saturated rings. The van der Waals surface area contributed by atoms with Crippen LogP contribution in [0.15, 0.2) is 4.99 Å². The highest BCUT2D eigenvalue weighted by Gasteiger charge is 2.21. The maximum Gasteiger partial charge on any atom is 0.191 e. The summed E-state index contributed by atoms with van der Waals surface area (Å²) in [6.07, 6.45) is 3.61. The van der Waals surface area contributed by atoms with Crippen molar-refractivity contribution in [3.8, 4) is 0 Å². The van der Waals surface area contributed by atoms with Crippen LogP contribution in [0.3, 0.4) is 0 Å². The predicted molar refractivity (Wildman–Crippen MR) is 88.1 cm³/mol. The first-order chi connectivity index (χ1) is 8.51. The fourth-order valence-corrected chi connectivity index (χ4v) is 1.70. The summed E-state index contributed by atoms with van der Waals surface area (Å²) in [5, 5.41) is 6.45. The second-order valence-corrected chi connectivity index (χ2v) is 6.68. The van der Waals surface area contributed by atoms with Gasteiger partial charge >= 0.3 is 0 Å². The van der Waals surface area contributed by atoms with Gasteiger partial charge in [0, 0.05) is 18.8 Å². The molecule has 1 aliphatic carbocycles. The summed E-state index contributed by atoms with van der Waals surface area (Å²) in [6, 6.07) is 0.564. The number of aliphatic imine (C=N–C) groups is 1. The van der Waals surface area contributed by atoms with Crippen molar-refractivity contribution in [1.82, 2.24) is 10.6 Å². The van der Waals surface area contributed by atoms with E-state index >= 15 is 0 Å². The van der Waals surface area contributed by atoms with Crippen molar-refractivity contribution in [3.63, 3.8) is 0 Å². The summed E-state index contributed by atoms with van der Waals surface area (Å²) in [5.41, 5.74) is 0. The summed E-state index contributed by atoms with van der Waals surface area (Å²) in [4.78, 5) is 4.35. The van der Waals surface area contributed by atoms with Crippen molar-refractivity contribution < 1.29 is 13.2 Å². The first-order valence-corrected chi connectivity index (χ1v) is 8.37. The van der Waals surface area contributed by atoms with Gasteiger partial charge in [-0.05, 0) is 19.8 Å². The Morgan fingerprint density at radius 1 is 1.37 bits per heavy atom. The Morgan fingerprint density at radius 3 is 2.58 bits per heavy atom. The van der Waals surface area contributed by atoms with Crippen LogP contribution in [-0.4, -0.2) is 58.7 Å². The summed E-state index contributed by atoms with van der Waals surface area (Å²) in [6.45, 7) is 4.06. The number of guanidine groups is 1. The third-order valence-corrected chi connectivity index (χ3v) is 3.27. The van der Waals surface area contributed by atoms with E-state index in [0.29, 0.717) is 19.2 Å². The molecule has 0 aromatic heterocycles. The molecule has 0 saturated heterocycles. The average molecular weight is 405 g/mol. The van der Waals surface area contributed by atoms with E-state index in [2.05, 4.69) is 15.6 Å². The first kappa shape index (κ1) is 18.9. The lowest BCUT2D eigenvalue weighted by molar-refractivity contribution is 0.157. The van der Waals surface area contributed by atoms with Crippen LogP contribution in [0.1, 0.15) is 19.8 Å². The highest BCUT2D eigenvalue weighted by atomic mass is 127. The van der Waals surface area contributed by atoms with Crippen molar-refractivity contribution in [1.29, 1.82) is 0 Å².